The van der Waals surface area contributed by atoms with Crippen molar-refractivity contribution < 1.29 is 24.2 Å². The summed E-state index contributed by atoms with van der Waals surface area (Å²) >= 11 is 0. The average Bonchev–Trinajstić information content (AvgIpc) is 3.39. The van der Waals surface area contributed by atoms with E-state index in [4.69, 9.17) is 4.74 Å². The van der Waals surface area contributed by atoms with E-state index < -0.39 is 39.5 Å². The van der Waals surface area contributed by atoms with Gasteiger partial charge in [-0.2, -0.15) is 0 Å². The summed E-state index contributed by atoms with van der Waals surface area (Å²) in [6.07, 6.45) is 9.19. The van der Waals surface area contributed by atoms with Gasteiger partial charge in [0, 0.05) is 17.6 Å². The molecule has 2 aliphatic carbocycles. The van der Waals surface area contributed by atoms with E-state index in [2.05, 4.69) is 39.0 Å². The molecule has 1 N–H and O–H groups in total. The Labute approximate surface area is 258 Å². The molecule has 4 atom stereocenters. The maximum Gasteiger partial charge on any atom is 0.184 e. The quantitative estimate of drug-likeness (QED) is 0.169. The number of ketones is 3. The molecule has 3 aliphatic rings. The average molecular weight is 587 g/mol. The molecule has 4 rings (SSSR count). The fourth-order valence-electron chi connectivity index (χ4n) is 7.44. The standard InChI is InChI=1S/C38H50O5/c1-24(2)14-13-15-26(5)20-21-37-23-28(19-18-25(3)4)35(6,7)38(34(37)41,31(39)27-16-11-10-12-17-27)32(40)29-22-30(36(8,9)42)43-33(29)37/h10-12,14,16-18,20,28,30,42H,13,15,19,21-23H2,1-9H3/t28-,30+,37-,38+/m1/s1. The Kier molecular flexibility index (Phi) is 9.02. The van der Waals surface area contributed by atoms with Gasteiger partial charge in [-0.3, -0.25) is 14.4 Å². The molecule has 1 aliphatic heterocycles. The molecule has 43 heavy (non-hydrogen) atoms. The SMILES string of the molecule is CC(C)=CCCC(C)=CC[C@@]12C[C@@H](CC=C(C)C)C(C)(C)[C@@](C(=O)c3ccccc3)(C(=O)C3=C1O[C@H](C(C)(C)O)C3)C2=O. The molecule has 1 saturated carbocycles. The van der Waals surface area contributed by atoms with E-state index in [1.54, 1.807) is 38.1 Å². The van der Waals surface area contributed by atoms with E-state index in [1.165, 1.54) is 5.57 Å². The molecule has 0 spiro atoms. The van der Waals surface area contributed by atoms with Crippen LogP contribution in [0.15, 0.2) is 76.6 Å². The highest BCUT2D eigenvalue weighted by Crippen LogP contribution is 2.67. The molecule has 1 fully saturated rings. The van der Waals surface area contributed by atoms with Crippen molar-refractivity contribution in [3.63, 3.8) is 0 Å². The van der Waals surface area contributed by atoms with E-state index in [0.717, 1.165) is 24.0 Å². The van der Waals surface area contributed by atoms with Gasteiger partial charge in [-0.25, -0.2) is 0 Å². The van der Waals surface area contributed by atoms with Crippen molar-refractivity contribution in [1.82, 2.24) is 0 Å². The molecule has 232 valence electrons. The first-order chi connectivity index (χ1) is 20.0. The summed E-state index contributed by atoms with van der Waals surface area (Å²) in [5, 5.41) is 11.0. The lowest BCUT2D eigenvalue weighted by Crippen LogP contribution is -2.69. The summed E-state index contributed by atoms with van der Waals surface area (Å²) in [4.78, 5) is 45.1. The summed E-state index contributed by atoms with van der Waals surface area (Å²) < 4.78 is 6.50. The normalized spacial score (nSPS) is 28.3. The molecule has 5 nitrogen and oxygen atoms in total. The number of rotatable bonds is 10. The first kappa shape index (κ1) is 32.9. The van der Waals surface area contributed by atoms with Crippen molar-refractivity contribution in [3.05, 3.63) is 82.2 Å². The second kappa shape index (κ2) is 11.8. The lowest BCUT2D eigenvalue weighted by Gasteiger charge is -2.59. The van der Waals surface area contributed by atoms with Gasteiger partial charge in [0.1, 0.15) is 11.9 Å². The highest BCUT2D eigenvalue weighted by atomic mass is 16.5. The molecule has 0 saturated heterocycles. The van der Waals surface area contributed by atoms with Crippen LogP contribution in [-0.4, -0.2) is 34.2 Å². The van der Waals surface area contributed by atoms with E-state index in [0.29, 0.717) is 36.2 Å². The van der Waals surface area contributed by atoms with Crippen LogP contribution in [0.5, 0.6) is 0 Å². The Hall–Kier alpha value is -3.05. The third-order valence-corrected chi connectivity index (χ3v) is 10.2. The molecule has 0 aromatic heterocycles. The number of carbonyl (C=O) groups excluding carboxylic acids is 3. The molecule has 5 heteroatoms. The van der Waals surface area contributed by atoms with Crippen LogP contribution in [0.4, 0.5) is 0 Å². The van der Waals surface area contributed by atoms with Gasteiger partial charge >= 0.3 is 0 Å². The van der Waals surface area contributed by atoms with Crippen LogP contribution in [-0.2, 0) is 14.3 Å². The Balaban J connectivity index is 1.98. The minimum atomic E-state index is -1.90. The van der Waals surface area contributed by atoms with Gasteiger partial charge in [0.25, 0.3) is 0 Å². The molecular formula is C38H50O5. The van der Waals surface area contributed by atoms with Crippen LogP contribution in [0.25, 0.3) is 0 Å². The van der Waals surface area contributed by atoms with Crippen LogP contribution >= 0.6 is 0 Å². The van der Waals surface area contributed by atoms with Gasteiger partial charge in [-0.05, 0) is 91.9 Å². The number of allylic oxidation sites excluding steroid dienone is 7. The van der Waals surface area contributed by atoms with Gasteiger partial charge in [0.05, 0.1) is 11.0 Å². The molecule has 1 aromatic rings. The predicted molar refractivity (Wildman–Crippen MR) is 171 cm³/mol. The Morgan fingerprint density at radius 2 is 1.63 bits per heavy atom. The third-order valence-electron chi connectivity index (χ3n) is 10.2. The number of carbonyl (C=O) groups is 3. The largest absolute Gasteiger partial charge is 0.490 e. The molecule has 0 radical (unpaired) electrons. The van der Waals surface area contributed by atoms with Crippen LogP contribution in [0.1, 0.15) is 111 Å². The van der Waals surface area contributed by atoms with E-state index in [1.807, 2.05) is 33.8 Å². The monoisotopic (exact) mass is 586 g/mol. The van der Waals surface area contributed by atoms with Crippen molar-refractivity contribution in [2.75, 3.05) is 0 Å². The number of fused-ring (bicyclic) bond motifs is 3. The molecule has 1 aromatic carbocycles. The van der Waals surface area contributed by atoms with Crippen LogP contribution < -0.4 is 0 Å². The fraction of sp³-hybridized carbons (Fsp3) is 0.553. The molecule has 1 heterocycles. The zero-order valence-electron chi connectivity index (χ0n) is 27.6. The summed E-state index contributed by atoms with van der Waals surface area (Å²) in [5.41, 5.74) is -0.937. The van der Waals surface area contributed by atoms with Crippen molar-refractivity contribution in [1.29, 1.82) is 0 Å². The molecular weight excluding hydrogens is 536 g/mol. The Morgan fingerprint density at radius 3 is 2.21 bits per heavy atom. The lowest BCUT2D eigenvalue weighted by molar-refractivity contribution is -0.166. The number of hydrogen-bond acceptors (Lipinski definition) is 5. The van der Waals surface area contributed by atoms with Crippen LogP contribution in [0, 0.1) is 22.2 Å². The van der Waals surface area contributed by atoms with Gasteiger partial charge in [0.2, 0.25) is 0 Å². The molecule has 2 bridgehead atoms. The Bertz CT molecular complexity index is 1410. The number of aliphatic hydroxyl groups is 1. The van der Waals surface area contributed by atoms with E-state index in [9.17, 15) is 14.7 Å². The number of ether oxygens (including phenoxy) is 1. The maximum atomic E-state index is 15.3. The van der Waals surface area contributed by atoms with Crippen molar-refractivity contribution in [3.8, 4) is 0 Å². The van der Waals surface area contributed by atoms with Crippen molar-refractivity contribution in [2.45, 2.75) is 113 Å². The summed E-state index contributed by atoms with van der Waals surface area (Å²) in [5.74, 6) is -0.977. The van der Waals surface area contributed by atoms with Gasteiger partial charge in [-0.1, -0.05) is 79.1 Å². The third kappa shape index (κ3) is 5.54. The van der Waals surface area contributed by atoms with Crippen LogP contribution in [0.3, 0.4) is 0 Å². The Morgan fingerprint density at radius 1 is 1.00 bits per heavy atom. The molecule has 0 amide bonds. The summed E-state index contributed by atoms with van der Waals surface area (Å²) in [7, 11) is 0. The smallest absolute Gasteiger partial charge is 0.184 e. The van der Waals surface area contributed by atoms with E-state index >= 15 is 4.79 Å². The second-order valence-electron chi connectivity index (χ2n) is 14.7. The first-order valence-electron chi connectivity index (χ1n) is 15.7. The number of hydrogen-bond donors (Lipinski definition) is 1. The minimum absolute atomic E-state index is 0.144. The zero-order chi connectivity index (χ0) is 32.0. The maximum absolute atomic E-state index is 15.3. The topological polar surface area (TPSA) is 80.7 Å². The first-order valence-corrected chi connectivity index (χ1v) is 15.7. The van der Waals surface area contributed by atoms with Crippen LogP contribution in [0.2, 0.25) is 0 Å². The highest BCUT2D eigenvalue weighted by molar-refractivity contribution is 6.36. The summed E-state index contributed by atoms with van der Waals surface area (Å²) in [6, 6.07) is 8.79. The fourth-order valence-corrected chi connectivity index (χ4v) is 7.44. The zero-order valence-corrected chi connectivity index (χ0v) is 27.6. The van der Waals surface area contributed by atoms with E-state index in [-0.39, 0.29) is 18.1 Å². The van der Waals surface area contributed by atoms with Crippen molar-refractivity contribution >= 4 is 17.3 Å². The second-order valence-corrected chi connectivity index (χ2v) is 14.7. The number of benzene rings is 1. The predicted octanol–water partition coefficient (Wildman–Crippen LogP) is 8.29. The highest BCUT2D eigenvalue weighted by Gasteiger charge is 2.76. The minimum Gasteiger partial charge on any atom is -0.490 e. The van der Waals surface area contributed by atoms with Gasteiger partial charge < -0.3 is 9.84 Å². The van der Waals surface area contributed by atoms with Gasteiger partial charge in [-0.15, -0.1) is 0 Å². The number of Topliss-reactive ketones (excluding diaryl/α,β-unsaturated/α-hetero) is 3. The lowest BCUT2D eigenvalue weighted by atomic mass is 9.39. The molecule has 0 unspecified atom stereocenters. The summed E-state index contributed by atoms with van der Waals surface area (Å²) in [6.45, 7) is 17.5. The van der Waals surface area contributed by atoms with Crippen molar-refractivity contribution in [2.24, 2.45) is 22.2 Å². The van der Waals surface area contributed by atoms with Gasteiger partial charge in [0.15, 0.2) is 22.8 Å².